The second-order valence-electron chi connectivity index (χ2n) is 7.08. The summed E-state index contributed by atoms with van der Waals surface area (Å²) < 4.78 is 6.09. The van der Waals surface area contributed by atoms with Crippen LogP contribution >= 0.6 is 11.6 Å². The van der Waals surface area contributed by atoms with Gasteiger partial charge in [0.25, 0.3) is 0 Å². The van der Waals surface area contributed by atoms with Crippen molar-refractivity contribution in [1.82, 2.24) is 0 Å². The number of hydrogen-bond acceptors (Lipinski definition) is 1. The third kappa shape index (κ3) is 2.14. The summed E-state index contributed by atoms with van der Waals surface area (Å²) in [7, 11) is 0. The number of hydrogen-bond donors (Lipinski definition) is 0. The van der Waals surface area contributed by atoms with Gasteiger partial charge in [0.1, 0.15) is 11.2 Å². The van der Waals surface area contributed by atoms with E-state index in [0.29, 0.717) is 0 Å². The molecule has 5 aromatic carbocycles. The fraction of sp³-hybridized carbons (Fsp3) is 0. The molecule has 2 heteroatoms. The van der Waals surface area contributed by atoms with Crippen LogP contribution in [-0.4, -0.2) is 0 Å². The van der Waals surface area contributed by atoms with Gasteiger partial charge in [-0.1, -0.05) is 84.4 Å². The molecule has 132 valence electrons. The summed E-state index contributed by atoms with van der Waals surface area (Å²) in [5.74, 6) is 0. The van der Waals surface area contributed by atoms with Gasteiger partial charge in [-0.05, 0) is 45.3 Å². The smallest absolute Gasteiger partial charge is 0.136 e. The Morgan fingerprint density at radius 3 is 2.25 bits per heavy atom. The summed E-state index contributed by atoms with van der Waals surface area (Å²) in [6, 6.07) is 31.4. The van der Waals surface area contributed by atoms with Gasteiger partial charge in [0, 0.05) is 21.4 Å². The van der Waals surface area contributed by atoms with Crippen molar-refractivity contribution in [1.29, 1.82) is 0 Å². The van der Waals surface area contributed by atoms with Crippen molar-refractivity contribution >= 4 is 55.1 Å². The van der Waals surface area contributed by atoms with Gasteiger partial charge in [-0.15, -0.1) is 0 Å². The van der Waals surface area contributed by atoms with Crippen molar-refractivity contribution in [3.8, 4) is 11.1 Å². The van der Waals surface area contributed by atoms with Gasteiger partial charge in [-0.25, -0.2) is 0 Å². The van der Waals surface area contributed by atoms with Crippen LogP contribution in [0, 0.1) is 0 Å². The van der Waals surface area contributed by atoms with Gasteiger partial charge in [0.2, 0.25) is 0 Å². The summed E-state index contributed by atoms with van der Waals surface area (Å²) in [5.41, 5.74) is 3.90. The first kappa shape index (κ1) is 15.7. The lowest BCUT2D eigenvalue weighted by molar-refractivity contribution is 0.669. The SMILES string of the molecule is Clc1ccc2oc3ccccc3c2c1-c1cccc2c1ccc1ccccc12. The zero-order valence-corrected chi connectivity index (χ0v) is 15.7. The van der Waals surface area contributed by atoms with Crippen LogP contribution in [0.3, 0.4) is 0 Å². The van der Waals surface area contributed by atoms with E-state index in [1.807, 2.05) is 30.3 Å². The molecular weight excluding hydrogens is 364 g/mol. The summed E-state index contributed by atoms with van der Waals surface area (Å²) in [6.07, 6.45) is 0. The lowest BCUT2D eigenvalue weighted by Gasteiger charge is -2.12. The molecule has 0 fully saturated rings. The van der Waals surface area contributed by atoms with Gasteiger partial charge in [0.15, 0.2) is 0 Å². The first-order chi connectivity index (χ1) is 13.8. The Morgan fingerprint density at radius 1 is 0.536 bits per heavy atom. The minimum Gasteiger partial charge on any atom is -0.456 e. The van der Waals surface area contributed by atoms with E-state index < -0.39 is 0 Å². The number of furan rings is 1. The molecule has 1 nitrogen and oxygen atoms in total. The first-order valence-corrected chi connectivity index (χ1v) is 9.70. The monoisotopic (exact) mass is 378 g/mol. The maximum Gasteiger partial charge on any atom is 0.136 e. The molecule has 0 atom stereocenters. The molecule has 6 aromatic rings. The predicted octanol–water partition coefficient (Wildman–Crippen LogP) is 8.21. The van der Waals surface area contributed by atoms with E-state index in [4.69, 9.17) is 16.0 Å². The van der Waals surface area contributed by atoms with E-state index in [-0.39, 0.29) is 0 Å². The van der Waals surface area contributed by atoms with Crippen molar-refractivity contribution < 1.29 is 4.42 Å². The zero-order valence-electron chi connectivity index (χ0n) is 14.9. The maximum atomic E-state index is 6.77. The van der Waals surface area contributed by atoms with Gasteiger partial charge in [-0.2, -0.15) is 0 Å². The normalized spacial score (nSPS) is 11.8. The predicted molar refractivity (Wildman–Crippen MR) is 119 cm³/mol. The van der Waals surface area contributed by atoms with Crippen LogP contribution in [0.15, 0.2) is 95.4 Å². The Morgan fingerprint density at radius 2 is 1.32 bits per heavy atom. The Bertz CT molecular complexity index is 1520. The zero-order chi connectivity index (χ0) is 18.7. The van der Waals surface area contributed by atoms with E-state index in [0.717, 1.165) is 38.1 Å². The highest BCUT2D eigenvalue weighted by atomic mass is 35.5. The van der Waals surface area contributed by atoms with Gasteiger partial charge in [-0.3, -0.25) is 0 Å². The Balaban J connectivity index is 1.80. The number of rotatable bonds is 1. The molecule has 1 heterocycles. The van der Waals surface area contributed by atoms with E-state index in [2.05, 4.69) is 60.7 Å². The van der Waals surface area contributed by atoms with Crippen LogP contribution in [-0.2, 0) is 0 Å². The Labute approximate surface area is 166 Å². The molecule has 0 spiro atoms. The highest BCUT2D eigenvalue weighted by Crippen LogP contribution is 2.43. The second-order valence-corrected chi connectivity index (χ2v) is 7.49. The van der Waals surface area contributed by atoms with Gasteiger partial charge >= 0.3 is 0 Å². The van der Waals surface area contributed by atoms with Crippen LogP contribution in [0.5, 0.6) is 0 Å². The molecule has 0 amide bonds. The maximum absolute atomic E-state index is 6.77. The Hall–Kier alpha value is -3.29. The highest BCUT2D eigenvalue weighted by Gasteiger charge is 2.17. The van der Waals surface area contributed by atoms with Crippen molar-refractivity contribution in [3.05, 3.63) is 96.0 Å². The van der Waals surface area contributed by atoms with Crippen LogP contribution in [0.2, 0.25) is 5.02 Å². The third-order valence-corrected chi connectivity index (χ3v) is 5.86. The van der Waals surface area contributed by atoms with Crippen LogP contribution in [0.1, 0.15) is 0 Å². The third-order valence-electron chi connectivity index (χ3n) is 5.55. The van der Waals surface area contributed by atoms with E-state index in [1.165, 1.54) is 21.5 Å². The average Bonchev–Trinajstić information content (AvgIpc) is 3.12. The molecule has 0 aliphatic carbocycles. The van der Waals surface area contributed by atoms with Crippen LogP contribution in [0.4, 0.5) is 0 Å². The quantitative estimate of drug-likeness (QED) is 0.263. The minimum absolute atomic E-state index is 0.736. The molecule has 0 saturated heterocycles. The van der Waals surface area contributed by atoms with Crippen molar-refractivity contribution in [2.24, 2.45) is 0 Å². The number of halogens is 1. The molecule has 28 heavy (non-hydrogen) atoms. The molecule has 0 saturated carbocycles. The summed E-state index contributed by atoms with van der Waals surface area (Å²) in [5, 5.41) is 7.82. The molecule has 0 radical (unpaired) electrons. The molecule has 0 aliphatic heterocycles. The minimum atomic E-state index is 0.736. The standard InChI is InChI=1S/C26H15ClO/c27-22-14-15-24-26(21-8-3-4-11-23(21)28-24)25(22)20-10-5-9-18-17-7-2-1-6-16(17)12-13-19(18)20/h1-15H. The number of fused-ring (bicyclic) bond motifs is 6. The molecule has 1 aromatic heterocycles. The average molecular weight is 379 g/mol. The number of para-hydroxylation sites is 1. The first-order valence-electron chi connectivity index (χ1n) is 9.32. The highest BCUT2D eigenvalue weighted by molar-refractivity contribution is 6.37. The second kappa shape index (κ2) is 5.85. The lowest BCUT2D eigenvalue weighted by Crippen LogP contribution is -1.86. The molecule has 0 N–H and O–H groups in total. The molecule has 0 bridgehead atoms. The summed E-state index contributed by atoms with van der Waals surface area (Å²) in [4.78, 5) is 0. The van der Waals surface area contributed by atoms with Crippen molar-refractivity contribution in [3.63, 3.8) is 0 Å². The van der Waals surface area contributed by atoms with Gasteiger partial charge < -0.3 is 4.42 Å². The summed E-state index contributed by atoms with van der Waals surface area (Å²) in [6.45, 7) is 0. The fourth-order valence-corrected chi connectivity index (χ4v) is 4.57. The topological polar surface area (TPSA) is 13.1 Å². The Kier molecular flexibility index (Phi) is 3.29. The fourth-order valence-electron chi connectivity index (χ4n) is 4.31. The molecule has 0 unspecified atom stereocenters. The van der Waals surface area contributed by atoms with E-state index in [9.17, 15) is 0 Å². The van der Waals surface area contributed by atoms with Crippen molar-refractivity contribution in [2.45, 2.75) is 0 Å². The summed E-state index contributed by atoms with van der Waals surface area (Å²) >= 11 is 6.77. The lowest BCUT2D eigenvalue weighted by atomic mass is 9.92. The van der Waals surface area contributed by atoms with Crippen molar-refractivity contribution in [2.75, 3.05) is 0 Å². The molecular formula is C26H15ClO. The largest absolute Gasteiger partial charge is 0.456 e. The van der Waals surface area contributed by atoms with Crippen LogP contribution < -0.4 is 0 Å². The van der Waals surface area contributed by atoms with E-state index in [1.54, 1.807) is 0 Å². The van der Waals surface area contributed by atoms with Crippen LogP contribution in [0.25, 0.3) is 54.6 Å². The molecule has 6 rings (SSSR count). The number of benzene rings is 5. The van der Waals surface area contributed by atoms with E-state index >= 15 is 0 Å². The molecule has 0 aliphatic rings. The van der Waals surface area contributed by atoms with Gasteiger partial charge in [0.05, 0.1) is 0 Å².